The third kappa shape index (κ3) is 4.28. The summed E-state index contributed by atoms with van der Waals surface area (Å²) < 4.78 is 6.29. The summed E-state index contributed by atoms with van der Waals surface area (Å²) >= 11 is 0. The lowest BCUT2D eigenvalue weighted by Crippen LogP contribution is -2.56. The molecule has 0 spiro atoms. The molecule has 6 heteroatoms. The van der Waals surface area contributed by atoms with Crippen molar-refractivity contribution in [1.29, 1.82) is 0 Å². The Hall–Kier alpha value is -3.09. The molecule has 172 valence electrons. The second-order valence-electron chi connectivity index (χ2n) is 9.21. The maximum atomic E-state index is 13.4. The molecule has 2 aliphatic heterocycles. The minimum absolute atomic E-state index is 0.0637. The lowest BCUT2D eigenvalue weighted by atomic mass is 9.97. The Morgan fingerprint density at radius 3 is 2.52 bits per heavy atom. The average molecular weight is 445 g/mol. The molecule has 1 atom stereocenters. The predicted molar refractivity (Wildman–Crippen MR) is 133 cm³/mol. The molecular formula is C27H32N4O2. The number of nitrogens with zero attached hydrogens (tertiary/aromatic N) is 1. The first-order valence-corrected chi connectivity index (χ1v) is 11.8. The van der Waals surface area contributed by atoms with E-state index in [2.05, 4.69) is 52.2 Å². The van der Waals surface area contributed by atoms with Crippen molar-refractivity contribution in [2.75, 3.05) is 38.1 Å². The van der Waals surface area contributed by atoms with Crippen molar-refractivity contribution >= 4 is 22.4 Å². The van der Waals surface area contributed by atoms with Crippen molar-refractivity contribution < 1.29 is 9.53 Å². The zero-order chi connectivity index (χ0) is 22.9. The Labute approximate surface area is 195 Å². The van der Waals surface area contributed by atoms with Gasteiger partial charge in [0.1, 0.15) is 11.9 Å². The second-order valence-corrected chi connectivity index (χ2v) is 9.21. The molecule has 5 rings (SSSR count). The van der Waals surface area contributed by atoms with Gasteiger partial charge in [0.05, 0.1) is 12.1 Å². The highest BCUT2D eigenvalue weighted by Gasteiger charge is 2.25. The standard InChI is InChI=1S/C27H32N4O2/c1-17-8-10-20(31(3)21-13-28-14-21)12-24(17)27(32)30-18(2)26-23-7-5-4-6-19(23)9-11-25(26)33-22-15-29-16-22/h4-12,18,21-22,28-29H,13-16H2,1-3H3,(H,30,32)/t18-/m1/s1. The van der Waals surface area contributed by atoms with Crippen LogP contribution in [0.15, 0.2) is 54.6 Å². The van der Waals surface area contributed by atoms with Crippen molar-refractivity contribution in [3.63, 3.8) is 0 Å². The van der Waals surface area contributed by atoms with Crippen LogP contribution in [0.5, 0.6) is 5.75 Å². The fraction of sp³-hybridized carbons (Fsp3) is 0.370. The highest BCUT2D eigenvalue weighted by molar-refractivity contribution is 5.97. The van der Waals surface area contributed by atoms with Crippen molar-refractivity contribution in [3.05, 3.63) is 71.3 Å². The smallest absolute Gasteiger partial charge is 0.252 e. The molecule has 3 N–H and O–H groups in total. The molecule has 2 fully saturated rings. The van der Waals surface area contributed by atoms with Crippen molar-refractivity contribution in [2.24, 2.45) is 0 Å². The molecule has 1 amide bonds. The largest absolute Gasteiger partial charge is 0.487 e. The van der Waals surface area contributed by atoms with Gasteiger partial charge in [-0.2, -0.15) is 0 Å². The molecule has 33 heavy (non-hydrogen) atoms. The highest BCUT2D eigenvalue weighted by Crippen LogP contribution is 2.34. The molecule has 0 radical (unpaired) electrons. The normalized spacial score (nSPS) is 17.2. The summed E-state index contributed by atoms with van der Waals surface area (Å²) in [7, 11) is 2.09. The van der Waals surface area contributed by atoms with Gasteiger partial charge in [-0.25, -0.2) is 0 Å². The Morgan fingerprint density at radius 1 is 1.06 bits per heavy atom. The van der Waals surface area contributed by atoms with Gasteiger partial charge in [0.2, 0.25) is 0 Å². The van der Waals surface area contributed by atoms with Crippen molar-refractivity contribution in [1.82, 2.24) is 16.0 Å². The number of hydrogen-bond acceptors (Lipinski definition) is 5. The first kappa shape index (κ1) is 21.7. The number of rotatable bonds is 7. The number of likely N-dealkylation sites (N-methyl/N-ethyl adjacent to an activating group) is 1. The number of benzene rings is 3. The number of ether oxygens (including phenoxy) is 1. The van der Waals surface area contributed by atoms with E-state index in [1.165, 1.54) is 0 Å². The molecule has 0 aliphatic carbocycles. The Bertz CT molecular complexity index is 1170. The SMILES string of the molecule is Cc1ccc(N(C)C2CNC2)cc1C(=O)N[C@H](C)c1c(OC2CNC2)ccc2ccccc12. The maximum absolute atomic E-state index is 13.4. The van der Waals surface area contributed by atoms with Gasteiger partial charge in [-0.1, -0.05) is 36.4 Å². The number of amides is 1. The quantitative estimate of drug-likeness (QED) is 0.521. The molecule has 2 aliphatic rings. The fourth-order valence-corrected chi connectivity index (χ4v) is 4.53. The molecular weight excluding hydrogens is 412 g/mol. The zero-order valence-corrected chi connectivity index (χ0v) is 19.5. The summed E-state index contributed by atoms with van der Waals surface area (Å²) in [6.07, 6.45) is 0.170. The molecule has 3 aromatic carbocycles. The van der Waals surface area contributed by atoms with Crippen molar-refractivity contribution in [2.45, 2.75) is 32.0 Å². The first-order chi connectivity index (χ1) is 16.0. The van der Waals surface area contributed by atoms with Crippen LogP contribution in [-0.2, 0) is 0 Å². The minimum atomic E-state index is -0.205. The third-order valence-electron chi connectivity index (χ3n) is 6.93. The number of carbonyl (C=O) groups excluding carboxylic acids is 1. The number of anilines is 1. The summed E-state index contributed by atoms with van der Waals surface area (Å²) in [5.74, 6) is 0.780. The van der Waals surface area contributed by atoms with Crippen LogP contribution < -0.4 is 25.6 Å². The molecule has 0 bridgehead atoms. The predicted octanol–water partition coefficient (Wildman–Crippen LogP) is 3.40. The van der Waals surface area contributed by atoms with Gasteiger partial charge >= 0.3 is 0 Å². The highest BCUT2D eigenvalue weighted by atomic mass is 16.5. The van der Waals surface area contributed by atoms with E-state index in [1.54, 1.807) is 0 Å². The van der Waals surface area contributed by atoms with E-state index >= 15 is 0 Å². The lowest BCUT2D eigenvalue weighted by Gasteiger charge is -2.37. The number of carbonyl (C=O) groups is 1. The summed E-state index contributed by atoms with van der Waals surface area (Å²) in [5, 5.41) is 12.1. The van der Waals surface area contributed by atoms with Crippen LogP contribution in [-0.4, -0.2) is 51.3 Å². The van der Waals surface area contributed by atoms with E-state index in [0.29, 0.717) is 11.6 Å². The van der Waals surface area contributed by atoms with Crippen molar-refractivity contribution in [3.8, 4) is 5.75 Å². The Morgan fingerprint density at radius 2 is 1.82 bits per heavy atom. The summed E-state index contributed by atoms with van der Waals surface area (Å²) in [6.45, 7) is 7.68. The first-order valence-electron chi connectivity index (χ1n) is 11.8. The molecule has 2 saturated heterocycles. The van der Waals surface area contributed by atoms with Gasteiger partial charge < -0.3 is 25.6 Å². The van der Waals surface area contributed by atoms with E-state index in [0.717, 1.165) is 59.5 Å². The third-order valence-corrected chi connectivity index (χ3v) is 6.93. The molecule has 0 aromatic heterocycles. The molecule has 0 saturated carbocycles. The van der Waals surface area contributed by atoms with E-state index in [4.69, 9.17) is 4.74 Å². The van der Waals surface area contributed by atoms with Gasteiger partial charge in [-0.05, 0) is 48.4 Å². The van der Waals surface area contributed by atoms with Gasteiger partial charge in [-0.3, -0.25) is 4.79 Å². The van der Waals surface area contributed by atoms with Gasteiger partial charge in [-0.15, -0.1) is 0 Å². The van der Waals surface area contributed by atoms with Gasteiger partial charge in [0.15, 0.2) is 0 Å². The molecule has 0 unspecified atom stereocenters. The second kappa shape index (κ2) is 9.04. The zero-order valence-electron chi connectivity index (χ0n) is 19.5. The van der Waals surface area contributed by atoms with Crippen LogP contribution in [0.2, 0.25) is 0 Å². The average Bonchev–Trinajstić information content (AvgIpc) is 2.74. The van der Waals surface area contributed by atoms with Crippen LogP contribution >= 0.6 is 0 Å². The van der Waals surface area contributed by atoms with E-state index in [1.807, 2.05) is 44.2 Å². The number of hydrogen-bond donors (Lipinski definition) is 3. The summed E-state index contributed by atoms with van der Waals surface area (Å²) in [5.41, 5.74) is 3.78. The lowest BCUT2D eigenvalue weighted by molar-refractivity contribution is 0.0937. The summed E-state index contributed by atoms with van der Waals surface area (Å²) in [6, 6.07) is 18.8. The van der Waals surface area contributed by atoms with E-state index in [9.17, 15) is 4.79 Å². The Kier molecular flexibility index (Phi) is 5.96. The van der Waals surface area contributed by atoms with E-state index < -0.39 is 0 Å². The van der Waals surface area contributed by atoms with Crippen LogP contribution in [0.3, 0.4) is 0 Å². The van der Waals surface area contributed by atoms with Crippen LogP contribution in [0.25, 0.3) is 10.8 Å². The van der Waals surface area contributed by atoms with Gasteiger partial charge in [0, 0.05) is 50.0 Å². The maximum Gasteiger partial charge on any atom is 0.252 e. The number of aryl methyl sites for hydroxylation is 1. The van der Waals surface area contributed by atoms with E-state index in [-0.39, 0.29) is 18.1 Å². The van der Waals surface area contributed by atoms with Crippen LogP contribution in [0, 0.1) is 6.92 Å². The molecule has 6 nitrogen and oxygen atoms in total. The van der Waals surface area contributed by atoms with Crippen LogP contribution in [0.1, 0.15) is 34.5 Å². The molecule has 3 aromatic rings. The van der Waals surface area contributed by atoms with Crippen LogP contribution in [0.4, 0.5) is 5.69 Å². The minimum Gasteiger partial charge on any atom is -0.487 e. The Balaban J connectivity index is 1.43. The topological polar surface area (TPSA) is 65.6 Å². The summed E-state index contributed by atoms with van der Waals surface area (Å²) in [4.78, 5) is 15.7. The number of fused-ring (bicyclic) bond motifs is 1. The monoisotopic (exact) mass is 444 g/mol. The fourth-order valence-electron chi connectivity index (χ4n) is 4.53. The molecule has 2 heterocycles. The van der Waals surface area contributed by atoms with Gasteiger partial charge in [0.25, 0.3) is 5.91 Å². The number of nitrogens with one attached hydrogen (secondary N) is 3.